The Hall–Kier alpha value is -1.75. The van der Waals surface area contributed by atoms with E-state index in [9.17, 15) is 4.79 Å². The smallest absolute Gasteiger partial charge is 0.321 e. The van der Waals surface area contributed by atoms with E-state index in [0.717, 1.165) is 43.6 Å². The molecule has 0 unspecified atom stereocenters. The molecule has 5 heteroatoms. The lowest BCUT2D eigenvalue weighted by Gasteiger charge is -2.38. The van der Waals surface area contributed by atoms with Gasteiger partial charge in [0.05, 0.1) is 0 Å². The van der Waals surface area contributed by atoms with E-state index in [1.54, 1.807) is 0 Å². The van der Waals surface area contributed by atoms with Gasteiger partial charge < -0.3 is 15.1 Å². The van der Waals surface area contributed by atoms with Gasteiger partial charge in [-0.25, -0.2) is 4.79 Å². The summed E-state index contributed by atoms with van der Waals surface area (Å²) in [5.41, 5.74) is 1.99. The van der Waals surface area contributed by atoms with Crippen LogP contribution in [-0.2, 0) is 0 Å². The van der Waals surface area contributed by atoms with Crippen molar-refractivity contribution in [1.82, 2.24) is 9.80 Å². The number of hydrogen-bond acceptors (Lipinski definition) is 3. The molecule has 1 heterocycles. The highest BCUT2D eigenvalue weighted by Crippen LogP contribution is 2.24. The number of hydrogen-bond donors (Lipinski definition) is 1. The van der Waals surface area contributed by atoms with Gasteiger partial charge in [0.2, 0.25) is 0 Å². The summed E-state index contributed by atoms with van der Waals surface area (Å²) in [6.07, 6.45) is 5.41. The van der Waals surface area contributed by atoms with E-state index < -0.39 is 0 Å². The van der Waals surface area contributed by atoms with Crippen LogP contribution in [0.5, 0.6) is 0 Å². The molecule has 3 rings (SSSR count). The minimum Gasteiger partial charge on any atom is -0.378 e. The first-order valence-electron chi connectivity index (χ1n) is 8.71. The minimum atomic E-state index is 0.0219. The number of benzene rings is 1. The first kappa shape index (κ1) is 16.1. The van der Waals surface area contributed by atoms with Gasteiger partial charge in [0.25, 0.3) is 0 Å². The number of nitrogens with zero attached hydrogens (tertiary/aromatic N) is 3. The summed E-state index contributed by atoms with van der Waals surface area (Å²) in [5, 5.41) is 3.01. The Morgan fingerprint density at radius 1 is 1.04 bits per heavy atom. The maximum atomic E-state index is 12.4. The van der Waals surface area contributed by atoms with Gasteiger partial charge >= 0.3 is 6.03 Å². The molecular formula is C18H28N4O. The van der Waals surface area contributed by atoms with Crippen LogP contribution in [-0.4, -0.2) is 62.1 Å². The maximum Gasteiger partial charge on any atom is 0.321 e. The molecule has 2 aliphatic rings. The summed E-state index contributed by atoms with van der Waals surface area (Å²) < 4.78 is 0. The van der Waals surface area contributed by atoms with Crippen molar-refractivity contribution in [1.29, 1.82) is 0 Å². The molecule has 1 aliphatic heterocycles. The number of carbonyl (C=O) groups is 1. The Labute approximate surface area is 139 Å². The average molecular weight is 316 g/mol. The quantitative estimate of drug-likeness (QED) is 0.932. The summed E-state index contributed by atoms with van der Waals surface area (Å²) in [5.74, 6) is 0. The van der Waals surface area contributed by atoms with Gasteiger partial charge in [-0.2, -0.15) is 0 Å². The second-order valence-electron chi connectivity index (χ2n) is 6.83. The number of piperazine rings is 1. The van der Waals surface area contributed by atoms with Crippen LogP contribution >= 0.6 is 0 Å². The summed E-state index contributed by atoms with van der Waals surface area (Å²) >= 11 is 0. The number of rotatable bonds is 3. The third-order valence-electron chi connectivity index (χ3n) is 5.08. The molecule has 1 saturated carbocycles. The Balaban J connectivity index is 1.49. The average Bonchev–Trinajstić information content (AvgIpc) is 3.10. The normalized spacial score (nSPS) is 19.8. The first-order chi connectivity index (χ1) is 11.1. The maximum absolute atomic E-state index is 12.4. The van der Waals surface area contributed by atoms with E-state index in [4.69, 9.17) is 0 Å². The van der Waals surface area contributed by atoms with Crippen LogP contribution in [0.1, 0.15) is 25.7 Å². The Morgan fingerprint density at radius 3 is 2.22 bits per heavy atom. The molecule has 1 aromatic rings. The van der Waals surface area contributed by atoms with Crippen molar-refractivity contribution < 1.29 is 4.79 Å². The van der Waals surface area contributed by atoms with Crippen LogP contribution < -0.4 is 10.2 Å². The molecule has 0 atom stereocenters. The van der Waals surface area contributed by atoms with Gasteiger partial charge in [-0.05, 0) is 37.1 Å². The zero-order valence-corrected chi connectivity index (χ0v) is 14.3. The number of amides is 2. The van der Waals surface area contributed by atoms with E-state index in [-0.39, 0.29) is 6.03 Å². The SMILES string of the molecule is CN(C)c1ccc(NC(=O)N2CCN(C3CCCC3)CC2)cc1. The van der Waals surface area contributed by atoms with Crippen molar-refractivity contribution >= 4 is 17.4 Å². The standard InChI is InChI=1S/C18H28N4O/c1-20(2)16-9-7-15(8-10-16)19-18(23)22-13-11-21(12-14-22)17-5-3-4-6-17/h7-10,17H,3-6,11-14H2,1-2H3,(H,19,23). The van der Waals surface area contributed by atoms with Gasteiger partial charge in [-0.15, -0.1) is 0 Å². The van der Waals surface area contributed by atoms with Gasteiger partial charge in [0, 0.05) is 57.7 Å². The van der Waals surface area contributed by atoms with Crippen LogP contribution in [0.2, 0.25) is 0 Å². The summed E-state index contributed by atoms with van der Waals surface area (Å²) in [7, 11) is 4.02. The Kier molecular flexibility index (Phi) is 5.06. The lowest BCUT2D eigenvalue weighted by atomic mass is 10.2. The predicted molar refractivity (Wildman–Crippen MR) is 95.2 cm³/mol. The first-order valence-corrected chi connectivity index (χ1v) is 8.71. The lowest BCUT2D eigenvalue weighted by Crippen LogP contribution is -2.52. The topological polar surface area (TPSA) is 38.8 Å². The third kappa shape index (κ3) is 3.96. The highest BCUT2D eigenvalue weighted by atomic mass is 16.2. The molecule has 1 N–H and O–H groups in total. The van der Waals surface area contributed by atoms with E-state index >= 15 is 0 Å². The number of anilines is 2. The molecule has 23 heavy (non-hydrogen) atoms. The van der Waals surface area contributed by atoms with Gasteiger partial charge in [0.15, 0.2) is 0 Å². The van der Waals surface area contributed by atoms with E-state index in [2.05, 4.69) is 10.2 Å². The zero-order valence-electron chi connectivity index (χ0n) is 14.3. The van der Waals surface area contributed by atoms with Crippen molar-refractivity contribution in [3.63, 3.8) is 0 Å². The number of nitrogens with one attached hydrogen (secondary N) is 1. The van der Waals surface area contributed by atoms with Gasteiger partial charge in [-0.3, -0.25) is 4.90 Å². The molecule has 0 radical (unpaired) electrons. The van der Waals surface area contributed by atoms with Crippen LogP contribution in [0.15, 0.2) is 24.3 Å². The number of carbonyl (C=O) groups excluding carboxylic acids is 1. The van der Waals surface area contributed by atoms with Crippen LogP contribution in [0, 0.1) is 0 Å². The molecule has 2 amide bonds. The molecule has 2 fully saturated rings. The third-order valence-corrected chi connectivity index (χ3v) is 5.08. The zero-order chi connectivity index (χ0) is 16.2. The molecule has 5 nitrogen and oxygen atoms in total. The fourth-order valence-electron chi connectivity index (χ4n) is 3.61. The summed E-state index contributed by atoms with van der Waals surface area (Å²) in [4.78, 5) is 19.0. The molecule has 1 aliphatic carbocycles. The molecule has 126 valence electrons. The minimum absolute atomic E-state index is 0.0219. The van der Waals surface area contributed by atoms with E-state index in [0.29, 0.717) is 0 Å². The molecule has 1 saturated heterocycles. The lowest BCUT2D eigenvalue weighted by molar-refractivity contribution is 0.115. The van der Waals surface area contributed by atoms with E-state index in [1.165, 1.54) is 25.7 Å². The molecular weight excluding hydrogens is 288 g/mol. The van der Waals surface area contributed by atoms with Gasteiger partial charge in [-0.1, -0.05) is 12.8 Å². The Morgan fingerprint density at radius 2 is 1.65 bits per heavy atom. The Bertz CT molecular complexity index is 514. The van der Waals surface area contributed by atoms with Crippen molar-refractivity contribution in [2.24, 2.45) is 0 Å². The molecule has 0 bridgehead atoms. The van der Waals surface area contributed by atoms with Crippen molar-refractivity contribution in [3.05, 3.63) is 24.3 Å². The largest absolute Gasteiger partial charge is 0.378 e. The van der Waals surface area contributed by atoms with Crippen molar-refractivity contribution in [2.75, 3.05) is 50.5 Å². The fraction of sp³-hybridized carbons (Fsp3) is 0.611. The number of urea groups is 1. The monoisotopic (exact) mass is 316 g/mol. The fourth-order valence-corrected chi connectivity index (χ4v) is 3.61. The molecule has 0 spiro atoms. The second kappa shape index (κ2) is 7.21. The van der Waals surface area contributed by atoms with Crippen molar-refractivity contribution in [3.8, 4) is 0 Å². The van der Waals surface area contributed by atoms with Crippen LogP contribution in [0.25, 0.3) is 0 Å². The highest BCUT2D eigenvalue weighted by Gasteiger charge is 2.27. The van der Waals surface area contributed by atoms with E-state index in [1.807, 2.05) is 48.2 Å². The van der Waals surface area contributed by atoms with Crippen molar-refractivity contribution in [2.45, 2.75) is 31.7 Å². The molecule has 1 aromatic carbocycles. The van der Waals surface area contributed by atoms with Crippen LogP contribution in [0.4, 0.5) is 16.2 Å². The summed E-state index contributed by atoms with van der Waals surface area (Å²) in [6.45, 7) is 3.69. The highest BCUT2D eigenvalue weighted by molar-refractivity contribution is 5.89. The predicted octanol–water partition coefficient (Wildman–Crippen LogP) is 2.84. The second-order valence-corrected chi connectivity index (χ2v) is 6.83. The molecule has 0 aromatic heterocycles. The summed E-state index contributed by atoms with van der Waals surface area (Å²) in [6, 6.07) is 8.75. The van der Waals surface area contributed by atoms with Gasteiger partial charge in [0.1, 0.15) is 0 Å². The van der Waals surface area contributed by atoms with Crippen LogP contribution in [0.3, 0.4) is 0 Å².